The predicted octanol–water partition coefficient (Wildman–Crippen LogP) is 1.20. The van der Waals surface area contributed by atoms with Gasteiger partial charge in [0.25, 0.3) is 0 Å². The van der Waals surface area contributed by atoms with Gasteiger partial charge in [-0.05, 0) is 20.8 Å². The van der Waals surface area contributed by atoms with Crippen LogP contribution in [-0.2, 0) is 19.1 Å². The lowest BCUT2D eigenvalue weighted by atomic mass is 9.99. The highest BCUT2D eigenvalue weighted by Gasteiger charge is 2.46. The zero-order valence-electron chi connectivity index (χ0n) is 8.62. The van der Waals surface area contributed by atoms with Gasteiger partial charge in [-0.2, -0.15) is 0 Å². The van der Waals surface area contributed by atoms with Crippen LogP contribution < -0.4 is 0 Å². The zero-order chi connectivity index (χ0) is 10.9. The van der Waals surface area contributed by atoms with Gasteiger partial charge in [-0.25, -0.2) is 4.79 Å². The molecular weight excluding hydrogens is 184 g/mol. The summed E-state index contributed by atoms with van der Waals surface area (Å²) >= 11 is 0. The van der Waals surface area contributed by atoms with Crippen molar-refractivity contribution in [2.24, 2.45) is 0 Å². The highest BCUT2D eigenvalue weighted by Crippen LogP contribution is 2.30. The van der Waals surface area contributed by atoms with Crippen molar-refractivity contribution >= 4 is 11.9 Å². The summed E-state index contributed by atoms with van der Waals surface area (Å²) in [5.41, 5.74) is -0.537. The first-order valence-corrected chi connectivity index (χ1v) is 4.43. The van der Waals surface area contributed by atoms with E-state index in [2.05, 4.69) is 6.58 Å². The fourth-order valence-corrected chi connectivity index (χ4v) is 1.21. The summed E-state index contributed by atoms with van der Waals surface area (Å²) in [7, 11) is 0. The summed E-state index contributed by atoms with van der Waals surface area (Å²) < 4.78 is 10.1. The van der Waals surface area contributed by atoms with Crippen LogP contribution in [0.2, 0.25) is 0 Å². The molecule has 14 heavy (non-hydrogen) atoms. The molecule has 1 aliphatic rings. The quantitative estimate of drug-likeness (QED) is 0.494. The molecular formula is C10H14O4. The number of hydrogen-bond acceptors (Lipinski definition) is 4. The minimum atomic E-state index is -0.854. The van der Waals surface area contributed by atoms with E-state index in [9.17, 15) is 9.59 Å². The van der Waals surface area contributed by atoms with E-state index in [1.807, 2.05) is 0 Å². The Hall–Kier alpha value is -1.32. The second kappa shape index (κ2) is 3.44. The fraction of sp³-hybridized carbons (Fsp3) is 0.600. The van der Waals surface area contributed by atoms with Gasteiger partial charge in [0, 0.05) is 5.57 Å². The van der Waals surface area contributed by atoms with Crippen molar-refractivity contribution in [3.63, 3.8) is 0 Å². The van der Waals surface area contributed by atoms with Gasteiger partial charge < -0.3 is 9.47 Å². The van der Waals surface area contributed by atoms with Gasteiger partial charge in [-0.1, -0.05) is 6.58 Å². The molecule has 0 radical (unpaired) electrons. The van der Waals surface area contributed by atoms with E-state index in [0.717, 1.165) is 0 Å². The molecule has 0 aromatic heterocycles. The maximum Gasteiger partial charge on any atom is 0.333 e. The van der Waals surface area contributed by atoms with Crippen molar-refractivity contribution < 1.29 is 19.1 Å². The van der Waals surface area contributed by atoms with Crippen molar-refractivity contribution in [1.29, 1.82) is 0 Å². The zero-order valence-corrected chi connectivity index (χ0v) is 8.62. The molecule has 0 amide bonds. The van der Waals surface area contributed by atoms with Crippen molar-refractivity contribution in [1.82, 2.24) is 0 Å². The monoisotopic (exact) mass is 198 g/mol. The summed E-state index contributed by atoms with van der Waals surface area (Å²) in [6.07, 6.45) is -0.300. The molecule has 0 aromatic carbocycles. The molecule has 1 saturated heterocycles. The van der Waals surface area contributed by atoms with Gasteiger partial charge in [-0.3, -0.25) is 4.79 Å². The number of ether oxygens (including phenoxy) is 2. The van der Waals surface area contributed by atoms with Crippen molar-refractivity contribution in [3.05, 3.63) is 12.2 Å². The lowest BCUT2D eigenvalue weighted by Gasteiger charge is -2.25. The summed E-state index contributed by atoms with van der Waals surface area (Å²) in [4.78, 5) is 22.3. The molecule has 0 aromatic rings. The number of esters is 2. The van der Waals surface area contributed by atoms with Crippen molar-refractivity contribution in [2.45, 2.75) is 38.9 Å². The van der Waals surface area contributed by atoms with Gasteiger partial charge >= 0.3 is 11.9 Å². The largest absolute Gasteiger partial charge is 0.458 e. The van der Waals surface area contributed by atoms with E-state index < -0.39 is 17.7 Å². The average Bonchev–Trinajstić information content (AvgIpc) is 2.25. The predicted molar refractivity (Wildman–Crippen MR) is 49.5 cm³/mol. The third kappa shape index (κ3) is 1.95. The average molecular weight is 198 g/mol. The van der Waals surface area contributed by atoms with E-state index in [1.54, 1.807) is 20.8 Å². The van der Waals surface area contributed by atoms with E-state index >= 15 is 0 Å². The van der Waals surface area contributed by atoms with Crippen LogP contribution in [0.4, 0.5) is 0 Å². The number of cyclic esters (lactones) is 1. The van der Waals surface area contributed by atoms with Gasteiger partial charge in [0.15, 0.2) is 5.60 Å². The van der Waals surface area contributed by atoms with E-state index in [0.29, 0.717) is 5.57 Å². The molecule has 1 fully saturated rings. The topological polar surface area (TPSA) is 52.6 Å². The molecule has 1 heterocycles. The molecule has 0 saturated carbocycles. The van der Waals surface area contributed by atoms with Crippen LogP contribution in [0.1, 0.15) is 27.2 Å². The second-order valence-electron chi connectivity index (χ2n) is 3.79. The van der Waals surface area contributed by atoms with Crippen LogP contribution in [0.25, 0.3) is 0 Å². The van der Waals surface area contributed by atoms with Crippen LogP contribution >= 0.6 is 0 Å². The summed E-state index contributed by atoms with van der Waals surface area (Å²) in [5, 5.41) is 0. The van der Waals surface area contributed by atoms with Crippen LogP contribution in [0, 0.1) is 0 Å². The summed E-state index contributed by atoms with van der Waals surface area (Å²) in [6.45, 7) is 8.42. The molecule has 1 aliphatic heterocycles. The highest BCUT2D eigenvalue weighted by atomic mass is 16.6. The minimum Gasteiger partial charge on any atom is -0.458 e. The Balaban J connectivity index is 2.72. The maximum atomic E-state index is 11.3. The molecule has 2 unspecified atom stereocenters. The van der Waals surface area contributed by atoms with E-state index in [-0.39, 0.29) is 12.4 Å². The van der Waals surface area contributed by atoms with Crippen molar-refractivity contribution in [3.8, 4) is 0 Å². The van der Waals surface area contributed by atoms with Crippen molar-refractivity contribution in [2.75, 3.05) is 0 Å². The van der Waals surface area contributed by atoms with Crippen LogP contribution in [0.5, 0.6) is 0 Å². The van der Waals surface area contributed by atoms with E-state index in [4.69, 9.17) is 9.47 Å². The highest BCUT2D eigenvalue weighted by molar-refractivity contribution is 5.88. The number of rotatable bonds is 2. The van der Waals surface area contributed by atoms with Crippen LogP contribution in [0.15, 0.2) is 12.2 Å². The SMILES string of the molecule is C=C(C)C(=O)OC1(C)CC(=O)OC1C. The molecule has 78 valence electrons. The fourth-order valence-electron chi connectivity index (χ4n) is 1.21. The smallest absolute Gasteiger partial charge is 0.333 e. The molecule has 0 bridgehead atoms. The Morgan fingerprint density at radius 1 is 1.71 bits per heavy atom. The Morgan fingerprint density at radius 3 is 2.64 bits per heavy atom. The third-order valence-corrected chi connectivity index (χ3v) is 2.34. The molecule has 4 heteroatoms. The summed E-state index contributed by atoms with van der Waals surface area (Å²) in [6, 6.07) is 0. The Kier molecular flexibility index (Phi) is 2.64. The molecule has 0 aliphatic carbocycles. The van der Waals surface area contributed by atoms with Gasteiger partial charge in [0.05, 0.1) is 6.42 Å². The lowest BCUT2D eigenvalue weighted by molar-refractivity contribution is -0.158. The van der Waals surface area contributed by atoms with Gasteiger partial charge in [-0.15, -0.1) is 0 Å². The minimum absolute atomic E-state index is 0.104. The molecule has 2 atom stereocenters. The first-order chi connectivity index (χ1) is 6.35. The number of hydrogen-bond donors (Lipinski definition) is 0. The normalized spacial score (nSPS) is 31.1. The molecule has 0 N–H and O–H groups in total. The molecule has 1 rings (SSSR count). The first kappa shape index (κ1) is 10.8. The van der Waals surface area contributed by atoms with Crippen LogP contribution in [0.3, 0.4) is 0 Å². The Bertz CT molecular complexity index is 294. The van der Waals surface area contributed by atoms with Crippen LogP contribution in [-0.4, -0.2) is 23.6 Å². The molecule has 0 spiro atoms. The summed E-state index contributed by atoms with van der Waals surface area (Å²) in [5.74, 6) is -0.827. The maximum absolute atomic E-state index is 11.3. The lowest BCUT2D eigenvalue weighted by Crippen LogP contribution is -2.38. The first-order valence-electron chi connectivity index (χ1n) is 4.43. The van der Waals surface area contributed by atoms with Gasteiger partial charge in [0.2, 0.25) is 0 Å². The standard InChI is InChI=1S/C10H14O4/c1-6(2)9(12)14-10(4)5-8(11)13-7(10)3/h7H,1,5H2,2-4H3. The third-order valence-electron chi connectivity index (χ3n) is 2.34. The Labute approximate surface area is 82.9 Å². The number of carbonyl (C=O) groups is 2. The van der Waals surface area contributed by atoms with Gasteiger partial charge in [0.1, 0.15) is 6.10 Å². The number of carbonyl (C=O) groups excluding carboxylic acids is 2. The second-order valence-corrected chi connectivity index (χ2v) is 3.79. The Morgan fingerprint density at radius 2 is 2.29 bits per heavy atom. The molecule has 4 nitrogen and oxygen atoms in total. The van der Waals surface area contributed by atoms with E-state index in [1.165, 1.54) is 0 Å².